The molecule has 0 saturated heterocycles. The quantitative estimate of drug-likeness (QED) is 0.703. The molecule has 96 valence electrons. The number of aliphatic hydroxyl groups is 1. The van der Waals surface area contributed by atoms with E-state index in [2.05, 4.69) is 13.0 Å². The molecule has 0 atom stereocenters. The minimum absolute atomic E-state index is 0.441. The summed E-state index contributed by atoms with van der Waals surface area (Å²) in [7, 11) is 0. The van der Waals surface area contributed by atoms with Gasteiger partial charge in [-0.25, -0.2) is 0 Å². The van der Waals surface area contributed by atoms with Gasteiger partial charge in [-0.15, -0.1) is 0 Å². The molecule has 0 amide bonds. The highest BCUT2D eigenvalue weighted by Crippen LogP contribution is 2.50. The molecule has 0 unspecified atom stereocenters. The SMILES string of the molecule is CC1CCC(O)(C2(C#N)CCCCCC2)CC1. The van der Waals surface area contributed by atoms with Crippen molar-refractivity contribution in [2.75, 3.05) is 0 Å². The highest BCUT2D eigenvalue weighted by Gasteiger charge is 2.51. The van der Waals surface area contributed by atoms with Crippen molar-refractivity contribution in [1.29, 1.82) is 5.26 Å². The molecule has 2 heteroatoms. The first kappa shape index (κ1) is 12.9. The molecular weight excluding hydrogens is 210 g/mol. The number of nitrogens with zero attached hydrogens (tertiary/aromatic N) is 1. The van der Waals surface area contributed by atoms with Crippen LogP contribution < -0.4 is 0 Å². The summed E-state index contributed by atoms with van der Waals surface area (Å²) in [6.45, 7) is 2.26. The summed E-state index contributed by atoms with van der Waals surface area (Å²) in [6, 6.07) is 2.53. The maximum Gasteiger partial charge on any atom is 0.0860 e. The van der Waals surface area contributed by atoms with E-state index in [1.165, 1.54) is 12.8 Å². The maximum atomic E-state index is 11.0. The second kappa shape index (κ2) is 4.98. The van der Waals surface area contributed by atoms with E-state index in [9.17, 15) is 10.4 Å². The van der Waals surface area contributed by atoms with Gasteiger partial charge >= 0.3 is 0 Å². The van der Waals surface area contributed by atoms with Crippen molar-refractivity contribution < 1.29 is 5.11 Å². The Morgan fingerprint density at radius 1 is 1.00 bits per heavy atom. The fraction of sp³-hybridized carbons (Fsp3) is 0.933. The van der Waals surface area contributed by atoms with E-state index in [1.54, 1.807) is 0 Å². The third-order valence-electron chi connectivity index (χ3n) is 5.16. The monoisotopic (exact) mass is 235 g/mol. The Morgan fingerprint density at radius 2 is 1.53 bits per heavy atom. The standard InChI is InChI=1S/C15H25NO/c1-13-6-10-15(17,11-7-13)14(12-16)8-4-2-3-5-9-14/h13,17H,2-11H2,1H3. The lowest BCUT2D eigenvalue weighted by Gasteiger charge is -2.46. The van der Waals surface area contributed by atoms with E-state index in [0.717, 1.165) is 57.3 Å². The van der Waals surface area contributed by atoms with Crippen LogP contribution in [-0.4, -0.2) is 10.7 Å². The lowest BCUT2D eigenvalue weighted by atomic mass is 9.61. The Balaban J connectivity index is 2.18. The molecule has 2 rings (SSSR count). The summed E-state index contributed by atoms with van der Waals surface area (Å²) in [6.07, 6.45) is 10.4. The van der Waals surface area contributed by atoms with E-state index in [-0.39, 0.29) is 0 Å². The van der Waals surface area contributed by atoms with Gasteiger partial charge in [0.2, 0.25) is 0 Å². The summed E-state index contributed by atoms with van der Waals surface area (Å²) in [4.78, 5) is 0. The van der Waals surface area contributed by atoms with Crippen molar-refractivity contribution in [3.8, 4) is 6.07 Å². The van der Waals surface area contributed by atoms with Gasteiger partial charge in [0, 0.05) is 0 Å². The first-order chi connectivity index (χ1) is 8.12. The van der Waals surface area contributed by atoms with Crippen LogP contribution in [0.1, 0.15) is 71.1 Å². The van der Waals surface area contributed by atoms with Gasteiger partial charge in [-0.1, -0.05) is 32.6 Å². The molecule has 0 spiro atoms. The van der Waals surface area contributed by atoms with Crippen LogP contribution >= 0.6 is 0 Å². The number of nitriles is 1. The van der Waals surface area contributed by atoms with Crippen LogP contribution in [0.2, 0.25) is 0 Å². The van der Waals surface area contributed by atoms with Gasteiger partial charge in [-0.2, -0.15) is 5.26 Å². The van der Waals surface area contributed by atoms with E-state index in [4.69, 9.17) is 0 Å². The van der Waals surface area contributed by atoms with Crippen LogP contribution in [0.5, 0.6) is 0 Å². The first-order valence-corrected chi connectivity index (χ1v) is 7.26. The highest BCUT2D eigenvalue weighted by atomic mass is 16.3. The minimum Gasteiger partial charge on any atom is -0.388 e. The zero-order chi connectivity index (χ0) is 12.4. The van der Waals surface area contributed by atoms with Gasteiger partial charge in [0.25, 0.3) is 0 Å². The van der Waals surface area contributed by atoms with Gasteiger partial charge in [0.05, 0.1) is 17.1 Å². The second-order valence-electron chi connectivity index (χ2n) is 6.32. The Morgan fingerprint density at radius 3 is 2.00 bits per heavy atom. The fourth-order valence-electron chi connectivity index (χ4n) is 3.73. The molecule has 2 saturated carbocycles. The normalized spacial score (nSPS) is 38.1. The van der Waals surface area contributed by atoms with Gasteiger partial charge < -0.3 is 5.11 Å². The predicted molar refractivity (Wildman–Crippen MR) is 68.3 cm³/mol. The van der Waals surface area contributed by atoms with E-state index >= 15 is 0 Å². The predicted octanol–water partition coefficient (Wildman–Crippen LogP) is 3.79. The van der Waals surface area contributed by atoms with Crippen molar-refractivity contribution in [1.82, 2.24) is 0 Å². The molecule has 17 heavy (non-hydrogen) atoms. The Labute approximate surface area is 105 Å². The maximum absolute atomic E-state index is 11.0. The molecular formula is C15H25NO. The second-order valence-corrected chi connectivity index (χ2v) is 6.32. The summed E-state index contributed by atoms with van der Waals surface area (Å²) in [5.74, 6) is 0.719. The van der Waals surface area contributed by atoms with Crippen molar-refractivity contribution in [3.63, 3.8) is 0 Å². The number of hydrogen-bond acceptors (Lipinski definition) is 2. The van der Waals surface area contributed by atoms with Gasteiger partial charge in [-0.3, -0.25) is 0 Å². The van der Waals surface area contributed by atoms with Gasteiger partial charge in [0.1, 0.15) is 0 Å². The molecule has 0 aliphatic heterocycles. The van der Waals surface area contributed by atoms with Crippen LogP contribution in [0.15, 0.2) is 0 Å². The minimum atomic E-state index is -0.696. The van der Waals surface area contributed by atoms with Crippen LogP contribution in [0.3, 0.4) is 0 Å². The van der Waals surface area contributed by atoms with E-state index in [0.29, 0.717) is 0 Å². The molecule has 0 radical (unpaired) electrons. The summed E-state index contributed by atoms with van der Waals surface area (Å²) < 4.78 is 0. The zero-order valence-electron chi connectivity index (χ0n) is 11.0. The molecule has 2 fully saturated rings. The van der Waals surface area contributed by atoms with Crippen molar-refractivity contribution in [3.05, 3.63) is 0 Å². The lowest BCUT2D eigenvalue weighted by molar-refractivity contribution is -0.0960. The van der Waals surface area contributed by atoms with Crippen LogP contribution in [0.25, 0.3) is 0 Å². The fourth-order valence-corrected chi connectivity index (χ4v) is 3.73. The summed E-state index contributed by atoms with van der Waals surface area (Å²) in [5.41, 5.74) is -1.14. The van der Waals surface area contributed by atoms with Crippen LogP contribution in [0.4, 0.5) is 0 Å². The molecule has 2 aliphatic carbocycles. The summed E-state index contributed by atoms with van der Waals surface area (Å²) in [5, 5.41) is 20.6. The van der Waals surface area contributed by atoms with Crippen molar-refractivity contribution >= 4 is 0 Å². The largest absolute Gasteiger partial charge is 0.388 e. The first-order valence-electron chi connectivity index (χ1n) is 7.26. The average Bonchev–Trinajstić information content (AvgIpc) is 2.59. The topological polar surface area (TPSA) is 44.0 Å². The highest BCUT2D eigenvalue weighted by molar-refractivity contribution is 5.12. The van der Waals surface area contributed by atoms with Crippen LogP contribution in [-0.2, 0) is 0 Å². The Hall–Kier alpha value is -0.550. The molecule has 0 bridgehead atoms. The van der Waals surface area contributed by atoms with Gasteiger partial charge in [-0.05, 0) is 44.4 Å². The van der Waals surface area contributed by atoms with E-state index < -0.39 is 11.0 Å². The molecule has 0 heterocycles. The molecule has 2 nitrogen and oxygen atoms in total. The molecule has 2 aliphatic rings. The average molecular weight is 235 g/mol. The van der Waals surface area contributed by atoms with Crippen LogP contribution in [0, 0.1) is 22.7 Å². The van der Waals surface area contributed by atoms with Crippen molar-refractivity contribution in [2.45, 2.75) is 76.7 Å². The number of rotatable bonds is 1. The smallest absolute Gasteiger partial charge is 0.0860 e. The molecule has 1 N–H and O–H groups in total. The Kier molecular flexibility index (Phi) is 3.78. The molecule has 0 aromatic carbocycles. The zero-order valence-corrected chi connectivity index (χ0v) is 11.0. The summed E-state index contributed by atoms with van der Waals surface area (Å²) >= 11 is 0. The van der Waals surface area contributed by atoms with Crippen molar-refractivity contribution in [2.24, 2.45) is 11.3 Å². The lowest BCUT2D eigenvalue weighted by Crippen LogP contribution is -2.49. The molecule has 0 aromatic heterocycles. The van der Waals surface area contributed by atoms with E-state index in [1.807, 2.05) is 0 Å². The third-order valence-corrected chi connectivity index (χ3v) is 5.16. The number of hydrogen-bond donors (Lipinski definition) is 1. The Bertz CT molecular complexity index is 289. The van der Waals surface area contributed by atoms with Gasteiger partial charge in [0.15, 0.2) is 0 Å². The molecule has 0 aromatic rings. The third kappa shape index (κ3) is 2.36.